The minimum Gasteiger partial charge on any atom is -0.307 e. The van der Waals surface area contributed by atoms with E-state index in [1.807, 2.05) is 0 Å². The lowest BCUT2D eigenvalue weighted by Crippen LogP contribution is -2.23. The van der Waals surface area contributed by atoms with Crippen LogP contribution >= 0.6 is 0 Å². The summed E-state index contributed by atoms with van der Waals surface area (Å²) in [4.78, 5) is 0. The Morgan fingerprint density at radius 1 is 1.19 bits per heavy atom. The van der Waals surface area contributed by atoms with E-state index in [9.17, 15) is 0 Å². The van der Waals surface area contributed by atoms with Crippen LogP contribution in [-0.2, 0) is 0 Å². The highest BCUT2D eigenvalue weighted by atomic mass is 14.9. The van der Waals surface area contributed by atoms with E-state index in [0.717, 1.165) is 6.54 Å². The molecule has 0 saturated carbocycles. The molecule has 1 aromatic rings. The zero-order valence-corrected chi connectivity index (χ0v) is 10.1. The van der Waals surface area contributed by atoms with E-state index in [1.165, 1.54) is 31.2 Å². The normalized spacial score (nSPS) is 17.9. The van der Waals surface area contributed by atoms with E-state index < -0.39 is 0 Å². The Morgan fingerprint density at radius 3 is 2.62 bits per heavy atom. The van der Waals surface area contributed by atoms with E-state index in [-0.39, 0.29) is 0 Å². The van der Waals surface area contributed by atoms with Gasteiger partial charge in [-0.25, -0.2) is 0 Å². The lowest BCUT2D eigenvalue weighted by Gasteiger charge is -2.24. The molecule has 1 nitrogen and oxygen atoms in total. The summed E-state index contributed by atoms with van der Waals surface area (Å²) in [5.41, 5.74) is 2.98. The van der Waals surface area contributed by atoms with Crippen molar-refractivity contribution in [1.29, 1.82) is 0 Å². The van der Waals surface area contributed by atoms with Crippen molar-refractivity contribution in [3.05, 3.63) is 47.5 Å². The van der Waals surface area contributed by atoms with Gasteiger partial charge in [-0.3, -0.25) is 0 Å². The van der Waals surface area contributed by atoms with Crippen LogP contribution in [0.15, 0.2) is 42.0 Å². The molecular formula is C15H21N. The maximum absolute atomic E-state index is 3.60. The highest BCUT2D eigenvalue weighted by Crippen LogP contribution is 2.29. The van der Waals surface area contributed by atoms with Gasteiger partial charge in [0.15, 0.2) is 0 Å². The molecule has 1 aliphatic carbocycles. The van der Waals surface area contributed by atoms with Crippen LogP contribution < -0.4 is 5.32 Å². The number of allylic oxidation sites excluding steroid dienone is 1. The second kappa shape index (κ2) is 5.86. The Labute approximate surface area is 98.6 Å². The molecule has 0 saturated heterocycles. The third-order valence-electron chi connectivity index (χ3n) is 3.24. The van der Waals surface area contributed by atoms with Crippen LogP contribution in [0.2, 0.25) is 0 Å². The standard InChI is InChI=1S/C15H21N/c1-2-16-15(13-9-5-3-6-10-13)14-11-7-4-8-12-14/h3,5-6,9-11,15-16H,2,4,7-8,12H2,1H3. The van der Waals surface area contributed by atoms with Gasteiger partial charge in [0.25, 0.3) is 0 Å². The summed E-state index contributed by atoms with van der Waals surface area (Å²) in [7, 11) is 0. The van der Waals surface area contributed by atoms with Crippen LogP contribution in [0.3, 0.4) is 0 Å². The topological polar surface area (TPSA) is 12.0 Å². The Kier molecular flexibility index (Phi) is 4.17. The lowest BCUT2D eigenvalue weighted by atomic mass is 9.90. The maximum Gasteiger partial charge on any atom is 0.0535 e. The molecule has 2 rings (SSSR count). The van der Waals surface area contributed by atoms with Crippen LogP contribution in [0.25, 0.3) is 0 Å². The van der Waals surface area contributed by atoms with E-state index in [1.54, 1.807) is 5.57 Å². The molecule has 0 bridgehead atoms. The third-order valence-corrected chi connectivity index (χ3v) is 3.24. The first-order valence-electron chi connectivity index (χ1n) is 6.39. The van der Waals surface area contributed by atoms with Crippen molar-refractivity contribution in [1.82, 2.24) is 5.32 Å². The van der Waals surface area contributed by atoms with Gasteiger partial charge in [0.2, 0.25) is 0 Å². The van der Waals surface area contributed by atoms with Crippen molar-refractivity contribution >= 4 is 0 Å². The monoisotopic (exact) mass is 215 g/mol. The molecule has 0 fully saturated rings. The fraction of sp³-hybridized carbons (Fsp3) is 0.467. The van der Waals surface area contributed by atoms with Gasteiger partial charge in [0.1, 0.15) is 0 Å². The molecular weight excluding hydrogens is 194 g/mol. The fourth-order valence-corrected chi connectivity index (χ4v) is 2.44. The van der Waals surface area contributed by atoms with Crippen LogP contribution in [0.5, 0.6) is 0 Å². The molecule has 0 aromatic heterocycles. The third kappa shape index (κ3) is 2.73. The molecule has 0 amide bonds. The second-order valence-corrected chi connectivity index (χ2v) is 4.43. The summed E-state index contributed by atoms with van der Waals surface area (Å²) in [6.07, 6.45) is 7.65. The summed E-state index contributed by atoms with van der Waals surface area (Å²) >= 11 is 0. The molecule has 1 aromatic carbocycles. The van der Waals surface area contributed by atoms with Gasteiger partial charge in [0, 0.05) is 0 Å². The smallest absolute Gasteiger partial charge is 0.0535 e. The predicted molar refractivity (Wildman–Crippen MR) is 69.4 cm³/mol. The van der Waals surface area contributed by atoms with Gasteiger partial charge in [-0.1, -0.05) is 48.9 Å². The van der Waals surface area contributed by atoms with Crippen LogP contribution in [0.1, 0.15) is 44.2 Å². The summed E-state index contributed by atoms with van der Waals surface area (Å²) in [6.45, 7) is 3.20. The van der Waals surface area contributed by atoms with Gasteiger partial charge in [-0.15, -0.1) is 0 Å². The summed E-state index contributed by atoms with van der Waals surface area (Å²) in [5, 5.41) is 3.60. The molecule has 0 radical (unpaired) electrons. The van der Waals surface area contributed by atoms with Crippen molar-refractivity contribution in [3.63, 3.8) is 0 Å². The molecule has 1 unspecified atom stereocenters. The summed E-state index contributed by atoms with van der Waals surface area (Å²) in [6, 6.07) is 11.2. The molecule has 0 aliphatic heterocycles. The number of rotatable bonds is 4. The Morgan fingerprint density at radius 2 is 2.00 bits per heavy atom. The van der Waals surface area contributed by atoms with Crippen molar-refractivity contribution in [2.45, 2.75) is 38.6 Å². The molecule has 0 heterocycles. The van der Waals surface area contributed by atoms with Gasteiger partial charge >= 0.3 is 0 Å². The first-order valence-corrected chi connectivity index (χ1v) is 6.39. The maximum atomic E-state index is 3.60. The van der Waals surface area contributed by atoms with Crippen molar-refractivity contribution in [2.75, 3.05) is 6.54 Å². The predicted octanol–water partition coefficient (Wildman–Crippen LogP) is 3.84. The Bertz CT molecular complexity index is 340. The van der Waals surface area contributed by atoms with E-state index in [4.69, 9.17) is 0 Å². The van der Waals surface area contributed by atoms with Gasteiger partial charge < -0.3 is 5.32 Å². The molecule has 1 aliphatic rings. The second-order valence-electron chi connectivity index (χ2n) is 4.43. The number of nitrogens with one attached hydrogen (secondary N) is 1. The number of hydrogen-bond acceptors (Lipinski definition) is 1. The minimum atomic E-state index is 0.437. The first-order chi connectivity index (χ1) is 7.92. The van der Waals surface area contributed by atoms with Gasteiger partial charge in [0.05, 0.1) is 6.04 Å². The SMILES string of the molecule is CCNC(C1=CCCCC1)c1ccccc1. The average molecular weight is 215 g/mol. The molecule has 1 N–H and O–H groups in total. The van der Waals surface area contributed by atoms with Crippen molar-refractivity contribution in [3.8, 4) is 0 Å². The Hall–Kier alpha value is -1.08. The number of benzene rings is 1. The Balaban J connectivity index is 2.19. The highest BCUT2D eigenvalue weighted by Gasteiger charge is 2.16. The molecule has 1 atom stereocenters. The number of likely N-dealkylation sites (N-methyl/N-ethyl adjacent to an activating group) is 1. The van der Waals surface area contributed by atoms with Crippen LogP contribution in [-0.4, -0.2) is 6.54 Å². The van der Waals surface area contributed by atoms with Crippen LogP contribution in [0, 0.1) is 0 Å². The summed E-state index contributed by atoms with van der Waals surface area (Å²) < 4.78 is 0. The average Bonchev–Trinajstić information content (AvgIpc) is 2.38. The van der Waals surface area contributed by atoms with E-state index >= 15 is 0 Å². The van der Waals surface area contributed by atoms with E-state index in [2.05, 4.69) is 48.6 Å². The van der Waals surface area contributed by atoms with Crippen molar-refractivity contribution < 1.29 is 0 Å². The fourth-order valence-electron chi connectivity index (χ4n) is 2.44. The minimum absolute atomic E-state index is 0.437. The van der Waals surface area contributed by atoms with Gasteiger partial charge in [-0.2, -0.15) is 0 Å². The highest BCUT2D eigenvalue weighted by molar-refractivity contribution is 5.28. The molecule has 1 heteroatoms. The summed E-state index contributed by atoms with van der Waals surface area (Å²) in [5.74, 6) is 0. The largest absolute Gasteiger partial charge is 0.307 e. The molecule has 16 heavy (non-hydrogen) atoms. The zero-order chi connectivity index (χ0) is 11.2. The van der Waals surface area contributed by atoms with E-state index in [0.29, 0.717) is 6.04 Å². The number of hydrogen-bond donors (Lipinski definition) is 1. The quantitative estimate of drug-likeness (QED) is 0.752. The zero-order valence-electron chi connectivity index (χ0n) is 10.1. The molecule has 86 valence electrons. The molecule has 0 spiro atoms. The van der Waals surface area contributed by atoms with Crippen molar-refractivity contribution in [2.24, 2.45) is 0 Å². The van der Waals surface area contributed by atoms with Crippen LogP contribution in [0.4, 0.5) is 0 Å². The van der Waals surface area contributed by atoms with Gasteiger partial charge in [-0.05, 0) is 37.8 Å². The lowest BCUT2D eigenvalue weighted by molar-refractivity contribution is 0.564. The first kappa shape index (κ1) is 11.4.